The number of aromatic nitrogens is 2. The number of hydrogen-bond acceptors (Lipinski definition) is 2. The summed E-state index contributed by atoms with van der Waals surface area (Å²) >= 11 is 0. The number of carbonyl (C=O) groups excluding carboxylic acids is 1. The third-order valence-corrected chi connectivity index (χ3v) is 3.61. The number of carbonyl (C=O) groups is 1. The average Bonchev–Trinajstić information content (AvgIpc) is 2.85. The van der Waals surface area contributed by atoms with Gasteiger partial charge in [-0.1, -0.05) is 44.2 Å². The molecule has 0 aliphatic carbocycles. The summed E-state index contributed by atoms with van der Waals surface area (Å²) in [7, 11) is 1.83. The Morgan fingerprint density at radius 1 is 1.29 bits per heavy atom. The van der Waals surface area contributed by atoms with Gasteiger partial charge in [-0.25, -0.2) is 4.98 Å². The van der Waals surface area contributed by atoms with Gasteiger partial charge in [0.15, 0.2) is 0 Å². The molecule has 0 bridgehead atoms. The number of aryl methyl sites for hydroxylation is 1. The van der Waals surface area contributed by atoms with Gasteiger partial charge < -0.3 is 9.88 Å². The Morgan fingerprint density at radius 2 is 1.95 bits per heavy atom. The summed E-state index contributed by atoms with van der Waals surface area (Å²) in [5, 5.41) is 0. The number of nitrogens with one attached hydrogen (secondary N) is 1. The van der Waals surface area contributed by atoms with E-state index in [0.717, 1.165) is 17.1 Å². The van der Waals surface area contributed by atoms with Gasteiger partial charge in [-0.3, -0.25) is 4.79 Å². The minimum absolute atomic E-state index is 0.118. The highest BCUT2D eigenvalue weighted by Crippen LogP contribution is 2.26. The molecule has 0 saturated heterocycles. The number of H-pyrrole nitrogens is 1. The topological polar surface area (TPSA) is 49.0 Å². The van der Waals surface area contributed by atoms with Gasteiger partial charge in [0.1, 0.15) is 5.82 Å². The minimum atomic E-state index is -0.118. The van der Waals surface area contributed by atoms with Crippen LogP contribution in [0.4, 0.5) is 0 Å². The van der Waals surface area contributed by atoms with E-state index in [9.17, 15) is 4.79 Å². The second kappa shape index (κ2) is 6.57. The number of hydrogen-bond donors (Lipinski definition) is 1. The van der Waals surface area contributed by atoms with E-state index in [1.807, 2.05) is 44.3 Å². The first kappa shape index (κ1) is 15.3. The van der Waals surface area contributed by atoms with Crippen LogP contribution in [0.5, 0.6) is 0 Å². The van der Waals surface area contributed by atoms with E-state index in [1.54, 1.807) is 11.1 Å². The van der Waals surface area contributed by atoms with E-state index in [2.05, 4.69) is 23.8 Å². The van der Waals surface area contributed by atoms with Crippen molar-refractivity contribution in [3.63, 3.8) is 0 Å². The van der Waals surface area contributed by atoms with Crippen molar-refractivity contribution in [3.8, 4) is 0 Å². The number of imidazole rings is 1. The summed E-state index contributed by atoms with van der Waals surface area (Å²) < 4.78 is 0. The maximum atomic E-state index is 12.8. The molecule has 0 aliphatic heterocycles. The standard InChI is InChI=1S/C17H23N3O/c1-12(2)16(14-8-6-5-7-9-14)17(21)20(4)11-15-18-10-13(3)19-15/h5-10,12,16H,11H2,1-4H3,(H,18,19)/t16-/m0/s1. The molecule has 2 rings (SSSR count). The van der Waals surface area contributed by atoms with E-state index in [4.69, 9.17) is 0 Å². The van der Waals surface area contributed by atoms with Crippen LogP contribution in [0.2, 0.25) is 0 Å². The fourth-order valence-electron chi connectivity index (χ4n) is 2.56. The Bertz CT molecular complexity index is 589. The van der Waals surface area contributed by atoms with Crippen LogP contribution in [0.3, 0.4) is 0 Å². The molecule has 4 heteroatoms. The molecule has 1 amide bonds. The molecule has 0 fully saturated rings. The van der Waals surface area contributed by atoms with Crippen molar-refractivity contribution in [3.05, 3.63) is 53.6 Å². The van der Waals surface area contributed by atoms with Gasteiger partial charge in [-0.05, 0) is 18.4 Å². The number of likely N-dealkylation sites (N-methyl/N-ethyl adjacent to an activating group) is 1. The lowest BCUT2D eigenvalue weighted by molar-refractivity contribution is -0.133. The number of rotatable bonds is 5. The molecule has 1 aromatic carbocycles. The molecule has 1 aromatic heterocycles. The highest BCUT2D eigenvalue weighted by atomic mass is 16.2. The van der Waals surface area contributed by atoms with E-state index >= 15 is 0 Å². The van der Waals surface area contributed by atoms with Crippen LogP contribution in [-0.2, 0) is 11.3 Å². The van der Waals surface area contributed by atoms with E-state index in [1.165, 1.54) is 0 Å². The van der Waals surface area contributed by atoms with Crippen LogP contribution in [0.25, 0.3) is 0 Å². The summed E-state index contributed by atoms with van der Waals surface area (Å²) in [6, 6.07) is 9.98. The molecule has 0 saturated carbocycles. The molecular formula is C17H23N3O. The van der Waals surface area contributed by atoms with Crippen LogP contribution in [0.1, 0.15) is 36.8 Å². The quantitative estimate of drug-likeness (QED) is 0.917. The summed E-state index contributed by atoms with van der Waals surface area (Å²) in [6.07, 6.45) is 1.78. The fourth-order valence-corrected chi connectivity index (χ4v) is 2.56. The maximum Gasteiger partial charge on any atom is 0.230 e. The van der Waals surface area contributed by atoms with Crippen molar-refractivity contribution in [2.24, 2.45) is 5.92 Å². The van der Waals surface area contributed by atoms with Gasteiger partial charge in [0.2, 0.25) is 5.91 Å². The van der Waals surface area contributed by atoms with Gasteiger partial charge in [-0.2, -0.15) is 0 Å². The Labute approximate surface area is 126 Å². The number of amides is 1. The van der Waals surface area contributed by atoms with Gasteiger partial charge in [0, 0.05) is 18.9 Å². The van der Waals surface area contributed by atoms with Gasteiger partial charge in [-0.15, -0.1) is 0 Å². The van der Waals surface area contributed by atoms with Crippen molar-refractivity contribution in [1.29, 1.82) is 0 Å². The lowest BCUT2D eigenvalue weighted by atomic mass is 9.87. The van der Waals surface area contributed by atoms with E-state index < -0.39 is 0 Å². The Morgan fingerprint density at radius 3 is 2.48 bits per heavy atom. The van der Waals surface area contributed by atoms with Crippen molar-refractivity contribution in [1.82, 2.24) is 14.9 Å². The zero-order valence-electron chi connectivity index (χ0n) is 13.1. The monoisotopic (exact) mass is 285 g/mol. The highest BCUT2D eigenvalue weighted by molar-refractivity contribution is 5.83. The molecule has 1 atom stereocenters. The second-order valence-corrected chi connectivity index (χ2v) is 5.84. The maximum absolute atomic E-state index is 12.8. The molecule has 0 radical (unpaired) electrons. The normalized spacial score (nSPS) is 12.4. The zero-order valence-corrected chi connectivity index (χ0v) is 13.1. The molecule has 0 spiro atoms. The molecule has 1 N–H and O–H groups in total. The molecule has 112 valence electrons. The van der Waals surface area contributed by atoms with Gasteiger partial charge >= 0.3 is 0 Å². The molecule has 4 nitrogen and oxygen atoms in total. The fraction of sp³-hybridized carbons (Fsp3) is 0.412. The van der Waals surface area contributed by atoms with E-state index in [-0.39, 0.29) is 17.7 Å². The first-order valence-corrected chi connectivity index (χ1v) is 7.29. The molecule has 2 aromatic rings. The van der Waals surface area contributed by atoms with Crippen LogP contribution >= 0.6 is 0 Å². The highest BCUT2D eigenvalue weighted by Gasteiger charge is 2.27. The van der Waals surface area contributed by atoms with Crippen LogP contribution in [0.15, 0.2) is 36.5 Å². The van der Waals surface area contributed by atoms with Gasteiger partial charge in [0.05, 0.1) is 12.5 Å². The average molecular weight is 285 g/mol. The summed E-state index contributed by atoms with van der Waals surface area (Å²) in [5.41, 5.74) is 2.08. The SMILES string of the molecule is Cc1cnc(CN(C)C(=O)[C@H](c2ccccc2)C(C)C)[nH]1. The van der Waals surface area contributed by atoms with Crippen molar-refractivity contribution < 1.29 is 4.79 Å². The van der Waals surface area contributed by atoms with Crippen LogP contribution in [-0.4, -0.2) is 27.8 Å². The smallest absolute Gasteiger partial charge is 0.230 e. The number of benzene rings is 1. The Balaban J connectivity index is 2.15. The largest absolute Gasteiger partial charge is 0.345 e. The second-order valence-electron chi connectivity index (χ2n) is 5.84. The third kappa shape index (κ3) is 3.72. The third-order valence-electron chi connectivity index (χ3n) is 3.61. The molecule has 0 aliphatic rings. The molecular weight excluding hydrogens is 262 g/mol. The number of nitrogens with zero attached hydrogens (tertiary/aromatic N) is 2. The molecule has 21 heavy (non-hydrogen) atoms. The number of aromatic amines is 1. The summed E-state index contributed by atoms with van der Waals surface area (Å²) in [6.45, 7) is 6.63. The van der Waals surface area contributed by atoms with Crippen LogP contribution in [0, 0.1) is 12.8 Å². The van der Waals surface area contributed by atoms with Crippen molar-refractivity contribution in [2.45, 2.75) is 33.2 Å². The van der Waals surface area contributed by atoms with Crippen LogP contribution < -0.4 is 0 Å². The predicted molar refractivity (Wildman–Crippen MR) is 83.8 cm³/mol. The van der Waals surface area contributed by atoms with Crippen molar-refractivity contribution in [2.75, 3.05) is 7.05 Å². The molecule has 0 unspecified atom stereocenters. The Hall–Kier alpha value is -2.10. The summed E-state index contributed by atoms with van der Waals surface area (Å²) in [5.74, 6) is 1.08. The van der Waals surface area contributed by atoms with Gasteiger partial charge in [0.25, 0.3) is 0 Å². The zero-order chi connectivity index (χ0) is 15.4. The predicted octanol–water partition coefficient (Wildman–Crippen LogP) is 3.12. The summed E-state index contributed by atoms with van der Waals surface area (Å²) in [4.78, 5) is 22.0. The first-order valence-electron chi connectivity index (χ1n) is 7.29. The molecule has 1 heterocycles. The van der Waals surface area contributed by atoms with Crippen molar-refractivity contribution >= 4 is 5.91 Å². The first-order chi connectivity index (χ1) is 9.99. The lowest BCUT2D eigenvalue weighted by Crippen LogP contribution is -2.34. The Kier molecular flexibility index (Phi) is 4.78. The van der Waals surface area contributed by atoms with E-state index in [0.29, 0.717) is 6.54 Å². The minimum Gasteiger partial charge on any atom is -0.345 e. The lowest BCUT2D eigenvalue weighted by Gasteiger charge is -2.26.